The predicted molar refractivity (Wildman–Crippen MR) is 77.6 cm³/mol. The lowest BCUT2D eigenvalue weighted by molar-refractivity contribution is -0.128. The average Bonchev–Trinajstić information content (AvgIpc) is 2.43. The van der Waals surface area contributed by atoms with Gasteiger partial charge in [0.15, 0.2) is 0 Å². The second-order valence-corrected chi connectivity index (χ2v) is 5.11. The maximum Gasteiger partial charge on any atom is 0.255 e. The topological polar surface area (TPSA) is 93.5 Å². The van der Waals surface area contributed by atoms with Crippen molar-refractivity contribution in [2.45, 2.75) is 13.8 Å². The van der Waals surface area contributed by atoms with Gasteiger partial charge in [-0.1, -0.05) is 0 Å². The molecular weight excluding hydrogens is 258 g/mol. The van der Waals surface area contributed by atoms with E-state index in [1.165, 1.54) is 7.11 Å². The zero-order chi connectivity index (χ0) is 15.3. The highest BCUT2D eigenvalue weighted by Gasteiger charge is 2.27. The molecule has 0 unspecified atom stereocenters. The summed E-state index contributed by atoms with van der Waals surface area (Å²) < 4.78 is 5.13. The molecule has 1 aromatic rings. The van der Waals surface area contributed by atoms with E-state index in [9.17, 15) is 9.59 Å². The fourth-order valence-corrected chi connectivity index (χ4v) is 1.72. The van der Waals surface area contributed by atoms with Gasteiger partial charge in [-0.15, -0.1) is 0 Å². The van der Waals surface area contributed by atoms with Gasteiger partial charge < -0.3 is 21.1 Å². The number of carbonyl (C=O) groups is 2. The van der Waals surface area contributed by atoms with Gasteiger partial charge in [-0.05, 0) is 32.0 Å². The van der Waals surface area contributed by atoms with E-state index in [0.717, 1.165) is 0 Å². The van der Waals surface area contributed by atoms with E-state index in [-0.39, 0.29) is 18.4 Å². The Bertz CT molecular complexity index is 512. The number of nitrogens with one attached hydrogen (secondary N) is 2. The number of hydrogen-bond donors (Lipinski definition) is 3. The summed E-state index contributed by atoms with van der Waals surface area (Å²) in [4.78, 5) is 23.8. The van der Waals surface area contributed by atoms with Gasteiger partial charge in [0.05, 0.1) is 18.1 Å². The monoisotopic (exact) mass is 279 g/mol. The third-order valence-electron chi connectivity index (χ3n) is 3.00. The molecule has 0 saturated heterocycles. The Morgan fingerprint density at radius 3 is 2.55 bits per heavy atom. The molecule has 2 amide bonds. The second-order valence-electron chi connectivity index (χ2n) is 5.11. The molecule has 0 aliphatic heterocycles. The lowest BCUT2D eigenvalue weighted by Gasteiger charge is -2.23. The van der Waals surface area contributed by atoms with Crippen LogP contribution >= 0.6 is 0 Å². The Morgan fingerprint density at radius 1 is 1.35 bits per heavy atom. The normalized spacial score (nSPS) is 10.8. The molecule has 0 bridgehead atoms. The van der Waals surface area contributed by atoms with Gasteiger partial charge in [-0.3, -0.25) is 9.59 Å². The van der Waals surface area contributed by atoms with E-state index in [1.807, 2.05) is 0 Å². The number of methoxy groups -OCH3 is 1. The van der Waals surface area contributed by atoms with Crippen LogP contribution in [-0.4, -0.2) is 32.5 Å². The molecule has 4 N–H and O–H groups in total. The molecule has 110 valence electrons. The maximum absolute atomic E-state index is 12.2. The zero-order valence-corrected chi connectivity index (χ0v) is 12.2. The maximum atomic E-state index is 12.2. The molecule has 0 fully saturated rings. The van der Waals surface area contributed by atoms with Crippen molar-refractivity contribution in [3.8, 4) is 5.75 Å². The first-order valence-electron chi connectivity index (χ1n) is 6.25. The molecular formula is C14H21N3O3. The molecule has 0 atom stereocenters. The van der Waals surface area contributed by atoms with Crippen LogP contribution < -0.4 is 21.1 Å². The zero-order valence-electron chi connectivity index (χ0n) is 12.2. The molecule has 1 rings (SSSR count). The summed E-state index contributed by atoms with van der Waals surface area (Å²) in [6.07, 6.45) is 0. The summed E-state index contributed by atoms with van der Waals surface area (Å²) in [5, 5.41) is 5.29. The Balaban J connectivity index is 2.82. The summed E-state index contributed by atoms with van der Waals surface area (Å²) >= 11 is 0. The molecule has 0 aliphatic carbocycles. The van der Waals surface area contributed by atoms with Crippen LogP contribution in [0, 0.1) is 5.41 Å². The van der Waals surface area contributed by atoms with Crippen molar-refractivity contribution in [2.24, 2.45) is 5.41 Å². The van der Waals surface area contributed by atoms with Crippen molar-refractivity contribution in [1.82, 2.24) is 10.6 Å². The van der Waals surface area contributed by atoms with E-state index in [4.69, 9.17) is 10.5 Å². The lowest BCUT2D eigenvalue weighted by Crippen LogP contribution is -2.43. The number of hydrogen-bond acceptors (Lipinski definition) is 4. The first-order valence-corrected chi connectivity index (χ1v) is 6.25. The Kier molecular flexibility index (Phi) is 4.96. The number of rotatable bonds is 5. The Labute approximate surface area is 118 Å². The number of amides is 2. The minimum atomic E-state index is -0.696. The smallest absolute Gasteiger partial charge is 0.255 e. The van der Waals surface area contributed by atoms with Gasteiger partial charge in [0.25, 0.3) is 5.91 Å². The molecule has 0 heterocycles. The van der Waals surface area contributed by atoms with Crippen molar-refractivity contribution in [1.29, 1.82) is 0 Å². The third kappa shape index (κ3) is 3.63. The van der Waals surface area contributed by atoms with Crippen molar-refractivity contribution >= 4 is 17.5 Å². The summed E-state index contributed by atoms with van der Waals surface area (Å²) in [5.41, 5.74) is 5.80. The predicted octanol–water partition coefficient (Wildman–Crippen LogP) is 0.779. The highest BCUT2D eigenvalue weighted by atomic mass is 16.5. The van der Waals surface area contributed by atoms with Crippen LogP contribution in [0.2, 0.25) is 0 Å². The van der Waals surface area contributed by atoms with Gasteiger partial charge in [0.2, 0.25) is 5.91 Å². The quantitative estimate of drug-likeness (QED) is 0.694. The fraction of sp³-hybridized carbons (Fsp3) is 0.429. The highest BCUT2D eigenvalue weighted by molar-refractivity contribution is 5.98. The highest BCUT2D eigenvalue weighted by Crippen LogP contribution is 2.21. The number of nitrogen functional groups attached to an aromatic ring is 1. The first kappa shape index (κ1) is 15.8. The minimum Gasteiger partial charge on any atom is -0.496 e. The van der Waals surface area contributed by atoms with E-state index < -0.39 is 5.41 Å². The number of ether oxygens (including phenoxy) is 1. The molecule has 1 aromatic carbocycles. The van der Waals surface area contributed by atoms with Gasteiger partial charge in [-0.25, -0.2) is 0 Å². The van der Waals surface area contributed by atoms with Crippen LogP contribution in [0.5, 0.6) is 5.75 Å². The van der Waals surface area contributed by atoms with E-state index in [0.29, 0.717) is 17.0 Å². The third-order valence-corrected chi connectivity index (χ3v) is 3.00. The molecule has 20 heavy (non-hydrogen) atoms. The molecule has 0 spiro atoms. The summed E-state index contributed by atoms with van der Waals surface area (Å²) in [6, 6.07) is 4.83. The SMILES string of the molecule is CNC(=O)C(C)(C)CNC(=O)c1cc(N)ccc1OC. The number of anilines is 1. The number of benzene rings is 1. The molecule has 0 radical (unpaired) electrons. The first-order chi connectivity index (χ1) is 9.31. The van der Waals surface area contributed by atoms with Crippen LogP contribution in [0.15, 0.2) is 18.2 Å². The van der Waals surface area contributed by atoms with E-state index >= 15 is 0 Å². The van der Waals surface area contributed by atoms with Crippen molar-refractivity contribution in [2.75, 3.05) is 26.4 Å². The standard InChI is InChI=1S/C14H21N3O3/c1-14(2,13(19)16-3)8-17-12(18)10-7-9(15)5-6-11(10)20-4/h5-7H,8,15H2,1-4H3,(H,16,19)(H,17,18). The Hall–Kier alpha value is -2.24. The lowest BCUT2D eigenvalue weighted by atomic mass is 9.92. The van der Waals surface area contributed by atoms with Gasteiger partial charge in [-0.2, -0.15) is 0 Å². The second kappa shape index (κ2) is 6.27. The summed E-state index contributed by atoms with van der Waals surface area (Å²) in [5.74, 6) is -0.0297. The minimum absolute atomic E-state index is 0.141. The van der Waals surface area contributed by atoms with Gasteiger partial charge in [0.1, 0.15) is 5.75 Å². The van der Waals surface area contributed by atoms with Crippen molar-refractivity contribution in [3.63, 3.8) is 0 Å². The van der Waals surface area contributed by atoms with Crippen LogP contribution in [-0.2, 0) is 4.79 Å². The summed E-state index contributed by atoms with van der Waals surface area (Å²) in [6.45, 7) is 3.72. The number of nitrogens with two attached hydrogens (primary N) is 1. The van der Waals surface area contributed by atoms with Crippen LogP contribution in [0.25, 0.3) is 0 Å². The molecule has 0 saturated carbocycles. The summed E-state index contributed by atoms with van der Waals surface area (Å²) in [7, 11) is 3.05. The Morgan fingerprint density at radius 2 is 2.00 bits per heavy atom. The average molecular weight is 279 g/mol. The fourth-order valence-electron chi connectivity index (χ4n) is 1.72. The molecule has 0 aromatic heterocycles. The number of carbonyl (C=O) groups excluding carboxylic acids is 2. The van der Waals surface area contributed by atoms with E-state index in [2.05, 4.69) is 10.6 Å². The molecule has 6 nitrogen and oxygen atoms in total. The van der Waals surface area contributed by atoms with Gasteiger partial charge in [0, 0.05) is 19.3 Å². The van der Waals surface area contributed by atoms with Crippen molar-refractivity contribution in [3.05, 3.63) is 23.8 Å². The molecule has 0 aliphatic rings. The van der Waals surface area contributed by atoms with Gasteiger partial charge >= 0.3 is 0 Å². The molecule has 6 heteroatoms. The van der Waals surface area contributed by atoms with Crippen LogP contribution in [0.4, 0.5) is 5.69 Å². The van der Waals surface area contributed by atoms with E-state index in [1.54, 1.807) is 39.1 Å². The largest absolute Gasteiger partial charge is 0.496 e. The van der Waals surface area contributed by atoms with Crippen molar-refractivity contribution < 1.29 is 14.3 Å². The van der Waals surface area contributed by atoms with Crippen LogP contribution in [0.3, 0.4) is 0 Å². The van der Waals surface area contributed by atoms with Crippen LogP contribution in [0.1, 0.15) is 24.2 Å².